The zero-order valence-corrected chi connectivity index (χ0v) is 12.0. The summed E-state index contributed by atoms with van der Waals surface area (Å²) < 4.78 is 13.3. The molecule has 0 saturated heterocycles. The summed E-state index contributed by atoms with van der Waals surface area (Å²) in [6.07, 6.45) is 2.59. The third-order valence-electron chi connectivity index (χ3n) is 3.30. The minimum Gasteiger partial charge on any atom is -0.393 e. The lowest BCUT2D eigenvalue weighted by Gasteiger charge is -2.11. The molecule has 1 nitrogen and oxygen atoms in total. The molecule has 3 heteroatoms. The lowest BCUT2D eigenvalue weighted by molar-refractivity contribution is 0.162. The van der Waals surface area contributed by atoms with Gasteiger partial charge in [-0.1, -0.05) is 48.0 Å². The molecule has 1 unspecified atom stereocenters. The van der Waals surface area contributed by atoms with Gasteiger partial charge in [-0.3, -0.25) is 0 Å². The van der Waals surface area contributed by atoms with Crippen LogP contribution in [0.5, 0.6) is 0 Å². The third-order valence-corrected chi connectivity index (χ3v) is 3.61. The number of aryl methyl sites for hydroxylation is 1. The van der Waals surface area contributed by atoms with Crippen LogP contribution in [0.2, 0.25) is 5.02 Å². The molecule has 0 radical (unpaired) electrons. The fourth-order valence-corrected chi connectivity index (χ4v) is 2.34. The van der Waals surface area contributed by atoms with Crippen LogP contribution < -0.4 is 0 Å². The Morgan fingerprint density at radius 2 is 1.80 bits per heavy atom. The average molecular weight is 293 g/mol. The van der Waals surface area contributed by atoms with Crippen molar-refractivity contribution in [2.75, 3.05) is 0 Å². The first-order valence-electron chi connectivity index (χ1n) is 6.81. The molecule has 1 N–H and O–H groups in total. The topological polar surface area (TPSA) is 20.2 Å². The minimum absolute atomic E-state index is 0.118. The second kappa shape index (κ2) is 7.41. The van der Waals surface area contributed by atoms with Crippen LogP contribution >= 0.6 is 11.6 Å². The number of halogens is 2. The van der Waals surface area contributed by atoms with Crippen LogP contribution in [0.1, 0.15) is 24.0 Å². The summed E-state index contributed by atoms with van der Waals surface area (Å²) in [5.41, 5.74) is 2.05. The molecule has 0 heterocycles. The van der Waals surface area contributed by atoms with Crippen LogP contribution in [0.3, 0.4) is 0 Å². The van der Waals surface area contributed by atoms with E-state index in [0.717, 1.165) is 18.4 Å². The molecule has 0 aliphatic carbocycles. The molecule has 0 amide bonds. The number of aliphatic hydroxyl groups is 1. The molecule has 2 aromatic carbocycles. The first-order chi connectivity index (χ1) is 9.65. The van der Waals surface area contributed by atoms with Gasteiger partial charge in [-0.15, -0.1) is 0 Å². The third kappa shape index (κ3) is 4.62. The standard InChI is InChI=1S/C17H18ClFO/c18-16-10-9-14(12-17(16)19)11-15(20)8-4-7-13-5-2-1-3-6-13/h1-3,5-6,9-10,12,15,20H,4,7-8,11H2. The van der Waals surface area contributed by atoms with Crippen molar-refractivity contribution in [1.82, 2.24) is 0 Å². The molecule has 0 aliphatic rings. The van der Waals surface area contributed by atoms with E-state index in [2.05, 4.69) is 12.1 Å². The van der Waals surface area contributed by atoms with Crippen molar-refractivity contribution >= 4 is 11.6 Å². The predicted octanol–water partition coefficient (Wildman–Crippen LogP) is 4.41. The van der Waals surface area contributed by atoms with Crippen molar-refractivity contribution in [3.8, 4) is 0 Å². The molecule has 0 aromatic heterocycles. The van der Waals surface area contributed by atoms with E-state index in [1.807, 2.05) is 18.2 Å². The Bertz CT molecular complexity index is 542. The van der Waals surface area contributed by atoms with Crippen molar-refractivity contribution in [2.45, 2.75) is 31.8 Å². The summed E-state index contributed by atoms with van der Waals surface area (Å²) in [6.45, 7) is 0. The summed E-state index contributed by atoms with van der Waals surface area (Å²) >= 11 is 5.63. The van der Waals surface area contributed by atoms with Gasteiger partial charge in [-0.25, -0.2) is 4.39 Å². The Balaban J connectivity index is 1.77. The molecular weight excluding hydrogens is 275 g/mol. The first kappa shape index (κ1) is 15.0. The van der Waals surface area contributed by atoms with Gasteiger partial charge in [0.25, 0.3) is 0 Å². The van der Waals surface area contributed by atoms with Crippen LogP contribution in [-0.4, -0.2) is 11.2 Å². The Labute approximate surface area is 124 Å². The van der Waals surface area contributed by atoms with Gasteiger partial charge in [0.2, 0.25) is 0 Å². The molecule has 0 saturated carbocycles. The number of aliphatic hydroxyl groups excluding tert-OH is 1. The van der Waals surface area contributed by atoms with Gasteiger partial charge in [-0.05, 0) is 48.9 Å². The first-order valence-corrected chi connectivity index (χ1v) is 7.19. The molecule has 2 rings (SSSR count). The largest absolute Gasteiger partial charge is 0.393 e. The monoisotopic (exact) mass is 292 g/mol. The number of hydrogen-bond acceptors (Lipinski definition) is 1. The quantitative estimate of drug-likeness (QED) is 0.836. The van der Waals surface area contributed by atoms with Gasteiger partial charge in [-0.2, -0.15) is 0 Å². The van der Waals surface area contributed by atoms with Crippen LogP contribution in [-0.2, 0) is 12.8 Å². The smallest absolute Gasteiger partial charge is 0.142 e. The van der Waals surface area contributed by atoms with Crippen molar-refractivity contribution < 1.29 is 9.50 Å². The maximum atomic E-state index is 13.3. The Morgan fingerprint density at radius 3 is 2.50 bits per heavy atom. The summed E-state index contributed by atoms with van der Waals surface area (Å²) in [5, 5.41) is 10.1. The highest BCUT2D eigenvalue weighted by Gasteiger charge is 2.08. The van der Waals surface area contributed by atoms with Gasteiger partial charge in [0.1, 0.15) is 5.82 Å². The van der Waals surface area contributed by atoms with E-state index in [1.165, 1.54) is 17.7 Å². The van der Waals surface area contributed by atoms with Crippen molar-refractivity contribution in [2.24, 2.45) is 0 Å². The summed E-state index contributed by atoms with van der Waals surface area (Å²) in [5.74, 6) is -0.430. The second-order valence-electron chi connectivity index (χ2n) is 4.98. The van der Waals surface area contributed by atoms with Crippen molar-refractivity contribution in [3.63, 3.8) is 0 Å². The molecule has 2 aromatic rings. The highest BCUT2D eigenvalue weighted by molar-refractivity contribution is 6.30. The molecule has 0 spiro atoms. The summed E-state index contributed by atoms with van der Waals surface area (Å²) in [7, 11) is 0. The predicted molar refractivity (Wildman–Crippen MR) is 80.5 cm³/mol. The van der Waals surface area contributed by atoms with Gasteiger partial charge in [0, 0.05) is 0 Å². The highest BCUT2D eigenvalue weighted by Crippen LogP contribution is 2.17. The molecule has 1 atom stereocenters. The van der Waals surface area contributed by atoms with Crippen LogP contribution in [0.25, 0.3) is 0 Å². The minimum atomic E-state index is -0.445. The SMILES string of the molecule is OC(CCCc1ccccc1)Cc1ccc(Cl)c(F)c1. The van der Waals surface area contributed by atoms with E-state index in [-0.39, 0.29) is 5.02 Å². The van der Waals surface area contributed by atoms with Crippen molar-refractivity contribution in [3.05, 3.63) is 70.5 Å². The fourth-order valence-electron chi connectivity index (χ4n) is 2.23. The van der Waals surface area contributed by atoms with E-state index in [1.54, 1.807) is 6.07 Å². The van der Waals surface area contributed by atoms with Crippen LogP contribution in [0.15, 0.2) is 48.5 Å². The molecular formula is C17H18ClFO. The lowest BCUT2D eigenvalue weighted by Crippen LogP contribution is -2.11. The van der Waals surface area contributed by atoms with E-state index in [0.29, 0.717) is 12.8 Å². The van der Waals surface area contributed by atoms with Crippen LogP contribution in [0, 0.1) is 5.82 Å². The molecule has 0 fully saturated rings. The van der Waals surface area contributed by atoms with E-state index in [4.69, 9.17) is 11.6 Å². The normalized spacial score (nSPS) is 12.3. The average Bonchev–Trinajstić information content (AvgIpc) is 2.44. The van der Waals surface area contributed by atoms with Gasteiger partial charge in [0.05, 0.1) is 11.1 Å². The molecule has 0 bridgehead atoms. The summed E-state index contributed by atoms with van der Waals surface area (Å²) in [6, 6.07) is 14.9. The zero-order chi connectivity index (χ0) is 14.4. The molecule has 20 heavy (non-hydrogen) atoms. The number of benzene rings is 2. The zero-order valence-electron chi connectivity index (χ0n) is 11.2. The Morgan fingerprint density at radius 1 is 1.05 bits per heavy atom. The number of rotatable bonds is 6. The van der Waals surface area contributed by atoms with Gasteiger partial charge in [0.15, 0.2) is 0 Å². The maximum absolute atomic E-state index is 13.3. The van der Waals surface area contributed by atoms with Crippen molar-refractivity contribution in [1.29, 1.82) is 0 Å². The molecule has 0 aliphatic heterocycles. The van der Waals surface area contributed by atoms with Gasteiger partial charge >= 0.3 is 0 Å². The van der Waals surface area contributed by atoms with E-state index < -0.39 is 11.9 Å². The van der Waals surface area contributed by atoms with E-state index in [9.17, 15) is 9.50 Å². The lowest BCUT2D eigenvalue weighted by atomic mass is 10.0. The Hall–Kier alpha value is -1.38. The van der Waals surface area contributed by atoms with E-state index >= 15 is 0 Å². The maximum Gasteiger partial charge on any atom is 0.142 e. The molecule has 106 valence electrons. The summed E-state index contributed by atoms with van der Waals surface area (Å²) in [4.78, 5) is 0. The number of hydrogen-bond donors (Lipinski definition) is 1. The highest BCUT2D eigenvalue weighted by atomic mass is 35.5. The fraction of sp³-hybridized carbons (Fsp3) is 0.294. The van der Waals surface area contributed by atoms with Gasteiger partial charge < -0.3 is 5.11 Å². The second-order valence-corrected chi connectivity index (χ2v) is 5.39. The Kier molecular flexibility index (Phi) is 5.57. The van der Waals surface area contributed by atoms with Crippen LogP contribution in [0.4, 0.5) is 4.39 Å².